The van der Waals surface area contributed by atoms with Crippen molar-refractivity contribution in [1.82, 2.24) is 10.6 Å². The first kappa shape index (κ1) is 14.8. The SMILES string of the molecule is CNCc1cc(F)ccc1N1CCCCC1C(=O)NC. The van der Waals surface area contributed by atoms with E-state index in [0.717, 1.165) is 37.1 Å². The molecule has 0 aliphatic carbocycles. The number of carbonyl (C=O) groups is 1. The standard InChI is InChI=1S/C15H22FN3O/c1-17-10-11-9-12(16)6-7-13(11)19-8-4-3-5-14(19)15(20)18-2/h6-7,9,14,17H,3-5,8,10H2,1-2H3,(H,18,20). The Morgan fingerprint density at radius 2 is 2.20 bits per heavy atom. The summed E-state index contributed by atoms with van der Waals surface area (Å²) < 4.78 is 13.4. The van der Waals surface area contributed by atoms with Crippen molar-refractivity contribution in [3.8, 4) is 0 Å². The molecule has 110 valence electrons. The van der Waals surface area contributed by atoms with E-state index in [1.54, 1.807) is 19.2 Å². The summed E-state index contributed by atoms with van der Waals surface area (Å²) in [5.74, 6) is -0.211. The summed E-state index contributed by atoms with van der Waals surface area (Å²) in [7, 11) is 3.50. The van der Waals surface area contributed by atoms with Crippen molar-refractivity contribution in [2.75, 3.05) is 25.5 Å². The lowest BCUT2D eigenvalue weighted by Gasteiger charge is -2.37. The topological polar surface area (TPSA) is 44.4 Å². The lowest BCUT2D eigenvalue weighted by molar-refractivity contribution is -0.122. The number of amides is 1. The first-order chi connectivity index (χ1) is 9.67. The average Bonchev–Trinajstić information content (AvgIpc) is 2.47. The Balaban J connectivity index is 2.34. The molecule has 2 rings (SSSR count). The second-order valence-electron chi connectivity index (χ2n) is 5.12. The van der Waals surface area contributed by atoms with E-state index >= 15 is 0 Å². The molecule has 1 aromatic carbocycles. The molecule has 20 heavy (non-hydrogen) atoms. The first-order valence-corrected chi connectivity index (χ1v) is 7.08. The highest BCUT2D eigenvalue weighted by atomic mass is 19.1. The van der Waals surface area contributed by atoms with E-state index in [2.05, 4.69) is 15.5 Å². The van der Waals surface area contributed by atoms with Crippen LogP contribution in [0, 0.1) is 5.82 Å². The summed E-state index contributed by atoms with van der Waals surface area (Å²) in [5.41, 5.74) is 1.84. The Labute approximate surface area is 119 Å². The Kier molecular flexibility index (Phi) is 4.95. The van der Waals surface area contributed by atoms with Gasteiger partial charge in [-0.15, -0.1) is 0 Å². The molecule has 1 fully saturated rings. The number of carbonyl (C=O) groups excluding carboxylic acids is 1. The number of nitrogens with zero attached hydrogens (tertiary/aromatic N) is 1. The lowest BCUT2D eigenvalue weighted by atomic mass is 9.99. The molecular weight excluding hydrogens is 257 g/mol. The number of benzene rings is 1. The van der Waals surface area contributed by atoms with Crippen LogP contribution in [-0.4, -0.2) is 32.6 Å². The zero-order valence-corrected chi connectivity index (χ0v) is 12.1. The number of hydrogen-bond donors (Lipinski definition) is 2. The fourth-order valence-corrected chi connectivity index (χ4v) is 2.83. The van der Waals surface area contributed by atoms with Crippen LogP contribution in [0.25, 0.3) is 0 Å². The quantitative estimate of drug-likeness (QED) is 0.881. The molecule has 0 radical (unpaired) electrons. The van der Waals surface area contributed by atoms with Gasteiger partial charge in [-0.3, -0.25) is 4.79 Å². The van der Waals surface area contributed by atoms with Crippen molar-refractivity contribution < 1.29 is 9.18 Å². The van der Waals surface area contributed by atoms with E-state index in [9.17, 15) is 9.18 Å². The Morgan fingerprint density at radius 1 is 1.40 bits per heavy atom. The van der Waals surface area contributed by atoms with Crippen molar-refractivity contribution >= 4 is 11.6 Å². The molecule has 1 aromatic rings. The number of halogens is 1. The normalized spacial score (nSPS) is 18.9. The van der Waals surface area contributed by atoms with Crippen LogP contribution in [0.15, 0.2) is 18.2 Å². The van der Waals surface area contributed by atoms with E-state index in [1.807, 2.05) is 7.05 Å². The van der Waals surface area contributed by atoms with Gasteiger partial charge < -0.3 is 15.5 Å². The molecule has 1 heterocycles. The second-order valence-corrected chi connectivity index (χ2v) is 5.12. The lowest BCUT2D eigenvalue weighted by Crippen LogP contribution is -2.49. The maximum Gasteiger partial charge on any atom is 0.242 e. The van der Waals surface area contributed by atoms with E-state index < -0.39 is 0 Å². The number of anilines is 1. The number of nitrogens with one attached hydrogen (secondary N) is 2. The predicted molar refractivity (Wildman–Crippen MR) is 78.2 cm³/mol. The second kappa shape index (κ2) is 6.70. The molecule has 1 saturated heterocycles. The van der Waals surface area contributed by atoms with Gasteiger partial charge in [0.05, 0.1) is 0 Å². The van der Waals surface area contributed by atoms with Crippen molar-refractivity contribution in [2.24, 2.45) is 0 Å². The predicted octanol–water partition coefficient (Wildman–Crippen LogP) is 1.65. The molecule has 1 atom stereocenters. The summed E-state index contributed by atoms with van der Waals surface area (Å²) in [6.07, 6.45) is 2.96. The molecule has 4 nitrogen and oxygen atoms in total. The zero-order valence-electron chi connectivity index (χ0n) is 12.1. The molecule has 1 unspecified atom stereocenters. The zero-order chi connectivity index (χ0) is 14.5. The van der Waals surface area contributed by atoms with Gasteiger partial charge in [0.15, 0.2) is 0 Å². The van der Waals surface area contributed by atoms with E-state index in [0.29, 0.717) is 6.54 Å². The molecule has 0 spiro atoms. The minimum absolute atomic E-state index is 0.0319. The van der Waals surface area contributed by atoms with Crippen molar-refractivity contribution in [2.45, 2.75) is 31.8 Å². The first-order valence-electron chi connectivity index (χ1n) is 7.08. The highest BCUT2D eigenvalue weighted by molar-refractivity contribution is 5.85. The number of likely N-dealkylation sites (N-methyl/N-ethyl adjacent to an activating group) is 1. The van der Waals surface area contributed by atoms with Gasteiger partial charge in [-0.2, -0.15) is 0 Å². The Hall–Kier alpha value is -1.62. The van der Waals surface area contributed by atoms with Gasteiger partial charge in [-0.05, 0) is 50.1 Å². The van der Waals surface area contributed by atoms with Crippen LogP contribution in [0.2, 0.25) is 0 Å². The van der Waals surface area contributed by atoms with Crippen LogP contribution < -0.4 is 15.5 Å². The highest BCUT2D eigenvalue weighted by Gasteiger charge is 2.29. The van der Waals surface area contributed by atoms with Crippen LogP contribution in [0.1, 0.15) is 24.8 Å². The van der Waals surface area contributed by atoms with Crippen molar-refractivity contribution in [3.05, 3.63) is 29.6 Å². The van der Waals surface area contributed by atoms with Gasteiger partial charge in [0.25, 0.3) is 0 Å². The number of rotatable bonds is 4. The fourth-order valence-electron chi connectivity index (χ4n) is 2.83. The average molecular weight is 279 g/mol. The van der Waals surface area contributed by atoms with E-state index in [-0.39, 0.29) is 17.8 Å². The molecule has 2 N–H and O–H groups in total. The highest BCUT2D eigenvalue weighted by Crippen LogP contribution is 2.28. The summed E-state index contributed by atoms with van der Waals surface area (Å²) in [6, 6.07) is 4.63. The van der Waals surface area contributed by atoms with Gasteiger partial charge in [0, 0.05) is 25.8 Å². The van der Waals surface area contributed by atoms with Crippen LogP contribution in [0.4, 0.5) is 10.1 Å². The maximum atomic E-state index is 13.4. The molecular formula is C15H22FN3O. The van der Waals surface area contributed by atoms with Crippen LogP contribution in [-0.2, 0) is 11.3 Å². The monoisotopic (exact) mass is 279 g/mol. The van der Waals surface area contributed by atoms with Crippen molar-refractivity contribution in [3.63, 3.8) is 0 Å². The number of piperidine rings is 1. The Morgan fingerprint density at radius 3 is 2.90 bits per heavy atom. The van der Waals surface area contributed by atoms with E-state index in [1.165, 1.54) is 6.07 Å². The summed E-state index contributed by atoms with van der Waals surface area (Å²) >= 11 is 0. The van der Waals surface area contributed by atoms with Gasteiger partial charge in [0.2, 0.25) is 5.91 Å². The van der Waals surface area contributed by atoms with Crippen molar-refractivity contribution in [1.29, 1.82) is 0 Å². The molecule has 1 aliphatic rings. The Bertz CT molecular complexity index is 478. The van der Waals surface area contributed by atoms with Gasteiger partial charge in [-0.1, -0.05) is 0 Å². The minimum atomic E-state index is -0.243. The third kappa shape index (κ3) is 3.10. The molecule has 0 aromatic heterocycles. The largest absolute Gasteiger partial charge is 0.359 e. The van der Waals surface area contributed by atoms with E-state index in [4.69, 9.17) is 0 Å². The summed E-state index contributed by atoms with van der Waals surface area (Å²) in [6.45, 7) is 1.42. The minimum Gasteiger partial charge on any atom is -0.359 e. The summed E-state index contributed by atoms with van der Waals surface area (Å²) in [4.78, 5) is 14.1. The van der Waals surface area contributed by atoms with Gasteiger partial charge in [-0.25, -0.2) is 4.39 Å². The van der Waals surface area contributed by atoms with Gasteiger partial charge in [0.1, 0.15) is 11.9 Å². The molecule has 1 aliphatic heterocycles. The molecule has 5 heteroatoms. The fraction of sp³-hybridized carbons (Fsp3) is 0.533. The smallest absolute Gasteiger partial charge is 0.242 e. The maximum absolute atomic E-state index is 13.4. The molecule has 0 bridgehead atoms. The van der Waals surface area contributed by atoms with Gasteiger partial charge >= 0.3 is 0 Å². The van der Waals surface area contributed by atoms with Crippen LogP contribution >= 0.6 is 0 Å². The number of hydrogen-bond acceptors (Lipinski definition) is 3. The molecule has 1 amide bonds. The molecule has 0 saturated carbocycles. The van der Waals surface area contributed by atoms with Crippen LogP contribution in [0.5, 0.6) is 0 Å². The van der Waals surface area contributed by atoms with Crippen LogP contribution in [0.3, 0.4) is 0 Å². The third-order valence-electron chi connectivity index (χ3n) is 3.77. The summed E-state index contributed by atoms with van der Waals surface area (Å²) in [5, 5.41) is 5.78. The third-order valence-corrected chi connectivity index (χ3v) is 3.77.